The molecule has 5 unspecified atom stereocenters. The first-order chi connectivity index (χ1) is 16.8. The van der Waals surface area contributed by atoms with E-state index in [-0.39, 0.29) is 25.4 Å². The highest BCUT2D eigenvalue weighted by Gasteiger charge is 2.31. The summed E-state index contributed by atoms with van der Waals surface area (Å²) in [5.41, 5.74) is 0. The van der Waals surface area contributed by atoms with E-state index in [4.69, 9.17) is 15.3 Å². The Bertz CT molecular complexity index is 513. The highest BCUT2D eigenvalue weighted by Crippen LogP contribution is 2.28. The Balaban J connectivity index is 3.95. The molecule has 8 nitrogen and oxygen atoms in total. The molecule has 0 bridgehead atoms. The van der Waals surface area contributed by atoms with E-state index < -0.39 is 43.4 Å². The molecule has 35 heavy (non-hydrogen) atoms. The Morgan fingerprint density at radius 2 is 1.00 bits per heavy atom. The van der Waals surface area contributed by atoms with Crippen LogP contribution in [0.3, 0.4) is 0 Å². The van der Waals surface area contributed by atoms with Gasteiger partial charge in [0.15, 0.2) is 0 Å². The molecule has 0 fully saturated rings. The van der Waals surface area contributed by atoms with Crippen molar-refractivity contribution in [3.05, 3.63) is 12.2 Å². The van der Waals surface area contributed by atoms with E-state index in [0.717, 1.165) is 44.9 Å². The van der Waals surface area contributed by atoms with Crippen molar-refractivity contribution < 1.29 is 40.5 Å². The fourth-order valence-electron chi connectivity index (χ4n) is 4.47. The van der Waals surface area contributed by atoms with Gasteiger partial charge in [0.05, 0.1) is 44.1 Å². The average molecular weight is 505 g/mol. The molecular weight excluding hydrogens is 452 g/mol. The van der Waals surface area contributed by atoms with Gasteiger partial charge in [-0.2, -0.15) is 0 Å². The number of rotatable bonds is 25. The normalized spacial score (nSPS) is 16.3. The lowest BCUT2D eigenvalue weighted by Gasteiger charge is -2.27. The first-order valence-electron chi connectivity index (χ1n) is 13.6. The fourth-order valence-corrected chi connectivity index (χ4v) is 4.47. The van der Waals surface area contributed by atoms with E-state index in [1.165, 1.54) is 32.1 Å². The van der Waals surface area contributed by atoms with E-state index in [0.29, 0.717) is 12.8 Å². The quantitative estimate of drug-likeness (QED) is 0.0737. The van der Waals surface area contributed by atoms with Crippen molar-refractivity contribution >= 4 is 5.97 Å². The van der Waals surface area contributed by atoms with Gasteiger partial charge in [-0.15, -0.1) is 0 Å². The van der Waals surface area contributed by atoms with Gasteiger partial charge in [-0.1, -0.05) is 63.5 Å². The van der Waals surface area contributed by atoms with Crippen molar-refractivity contribution in [3.8, 4) is 0 Å². The summed E-state index contributed by atoms with van der Waals surface area (Å²) in [4.78, 5) is 11.7. The molecule has 0 aliphatic rings. The monoisotopic (exact) mass is 504 g/mol. The maximum Gasteiger partial charge on any atom is 0.306 e. The summed E-state index contributed by atoms with van der Waals surface area (Å²) in [5, 5.41) is 65.4. The summed E-state index contributed by atoms with van der Waals surface area (Å²) in [6.07, 6.45) is 16.1. The average Bonchev–Trinajstić information content (AvgIpc) is 2.85. The highest BCUT2D eigenvalue weighted by molar-refractivity contribution is 5.70. The van der Waals surface area contributed by atoms with Crippen LogP contribution in [0, 0.1) is 11.8 Å². The van der Waals surface area contributed by atoms with Crippen molar-refractivity contribution in [1.29, 1.82) is 0 Å². The smallest absolute Gasteiger partial charge is 0.306 e. The molecule has 0 heterocycles. The Morgan fingerprint density at radius 3 is 1.51 bits per heavy atom. The van der Waals surface area contributed by atoms with Gasteiger partial charge in [0.25, 0.3) is 0 Å². The number of carboxylic acids is 1. The molecule has 208 valence electrons. The standard InChI is InChI=1S/C27H52O8/c28-19-23(31)16-14-12-10-8-6-4-2-1-3-5-7-9-11-13-15-22(17-24(32)20-29)26(27(34)35)18-25(33)21-30/h3,5,22-26,28-33H,1-2,4,6-21H2,(H,34,35). The molecule has 0 aliphatic heterocycles. The van der Waals surface area contributed by atoms with Gasteiger partial charge >= 0.3 is 5.97 Å². The molecule has 0 aromatic carbocycles. The molecule has 0 amide bonds. The van der Waals surface area contributed by atoms with Crippen LogP contribution in [0.4, 0.5) is 0 Å². The van der Waals surface area contributed by atoms with Crippen molar-refractivity contribution in [2.45, 2.75) is 121 Å². The fraction of sp³-hybridized carbons (Fsp3) is 0.889. The summed E-state index contributed by atoms with van der Waals surface area (Å²) in [5.74, 6) is -2.27. The molecule has 0 rings (SSSR count). The van der Waals surface area contributed by atoms with E-state index >= 15 is 0 Å². The van der Waals surface area contributed by atoms with Crippen molar-refractivity contribution in [3.63, 3.8) is 0 Å². The van der Waals surface area contributed by atoms with E-state index in [2.05, 4.69) is 12.2 Å². The molecule has 0 spiro atoms. The lowest BCUT2D eigenvalue weighted by Crippen LogP contribution is -2.32. The van der Waals surface area contributed by atoms with Crippen LogP contribution in [0.1, 0.15) is 103 Å². The van der Waals surface area contributed by atoms with E-state index in [1.807, 2.05) is 0 Å². The summed E-state index contributed by atoms with van der Waals surface area (Å²) < 4.78 is 0. The highest BCUT2D eigenvalue weighted by atomic mass is 16.4. The molecule has 0 saturated heterocycles. The van der Waals surface area contributed by atoms with Gasteiger partial charge in [-0.3, -0.25) is 4.79 Å². The minimum Gasteiger partial charge on any atom is -0.481 e. The topological polar surface area (TPSA) is 159 Å². The SMILES string of the molecule is O=C(O)C(CC(O)CO)C(CCCCCC=CCCCCCCCCCC(O)CO)CC(O)CO. The lowest BCUT2D eigenvalue weighted by atomic mass is 9.80. The molecule has 0 aromatic heterocycles. The third-order valence-corrected chi connectivity index (χ3v) is 6.64. The Kier molecular flexibility index (Phi) is 22.7. The van der Waals surface area contributed by atoms with Gasteiger partial charge in [-0.25, -0.2) is 0 Å². The summed E-state index contributed by atoms with van der Waals surface area (Å²) in [7, 11) is 0. The predicted octanol–water partition coefficient (Wildman–Crippen LogP) is 3.16. The number of aliphatic carboxylic acids is 1. The molecule has 0 radical (unpaired) electrons. The van der Waals surface area contributed by atoms with Crippen molar-refractivity contribution in [2.24, 2.45) is 11.8 Å². The second-order valence-corrected chi connectivity index (χ2v) is 9.85. The van der Waals surface area contributed by atoms with Gasteiger partial charge in [0.1, 0.15) is 0 Å². The molecule has 0 aromatic rings. The van der Waals surface area contributed by atoms with Gasteiger partial charge < -0.3 is 35.7 Å². The zero-order valence-electron chi connectivity index (χ0n) is 21.5. The van der Waals surface area contributed by atoms with E-state index in [1.54, 1.807) is 0 Å². The molecule has 7 N–H and O–H groups in total. The summed E-state index contributed by atoms with van der Waals surface area (Å²) in [6.45, 7) is -1.06. The van der Waals surface area contributed by atoms with Crippen LogP contribution in [0.5, 0.6) is 0 Å². The number of carbonyl (C=O) groups is 1. The van der Waals surface area contributed by atoms with Gasteiger partial charge in [0, 0.05) is 0 Å². The second kappa shape index (κ2) is 23.4. The molecule has 0 saturated carbocycles. The number of allylic oxidation sites excluding steroid dienone is 2. The van der Waals surface area contributed by atoms with Crippen molar-refractivity contribution in [1.82, 2.24) is 0 Å². The number of hydrogen-bond acceptors (Lipinski definition) is 7. The third-order valence-electron chi connectivity index (χ3n) is 6.64. The number of hydrogen-bond donors (Lipinski definition) is 7. The largest absolute Gasteiger partial charge is 0.481 e. The van der Waals surface area contributed by atoms with Crippen LogP contribution in [-0.2, 0) is 4.79 Å². The zero-order valence-corrected chi connectivity index (χ0v) is 21.5. The van der Waals surface area contributed by atoms with Gasteiger partial charge in [-0.05, 0) is 57.3 Å². The van der Waals surface area contributed by atoms with Crippen LogP contribution in [0.15, 0.2) is 12.2 Å². The second-order valence-electron chi connectivity index (χ2n) is 9.85. The van der Waals surface area contributed by atoms with Crippen LogP contribution in [0.2, 0.25) is 0 Å². The zero-order chi connectivity index (χ0) is 26.3. The Labute approximate surface area is 211 Å². The summed E-state index contributed by atoms with van der Waals surface area (Å²) >= 11 is 0. The van der Waals surface area contributed by atoms with Crippen LogP contribution in [-0.4, -0.2) is 79.8 Å². The van der Waals surface area contributed by atoms with Crippen LogP contribution in [0.25, 0.3) is 0 Å². The van der Waals surface area contributed by atoms with Crippen LogP contribution < -0.4 is 0 Å². The first-order valence-corrected chi connectivity index (χ1v) is 13.6. The predicted molar refractivity (Wildman–Crippen MR) is 137 cm³/mol. The molecule has 8 heteroatoms. The summed E-state index contributed by atoms with van der Waals surface area (Å²) in [6, 6.07) is 0. The number of aliphatic hydroxyl groups is 6. The number of carboxylic acid groups (broad SMARTS) is 1. The maximum atomic E-state index is 11.7. The van der Waals surface area contributed by atoms with Crippen LogP contribution >= 0.6 is 0 Å². The third kappa shape index (κ3) is 19.8. The molecular formula is C27H52O8. The Morgan fingerprint density at radius 1 is 0.571 bits per heavy atom. The van der Waals surface area contributed by atoms with Gasteiger partial charge in [0.2, 0.25) is 0 Å². The first kappa shape index (κ1) is 34.0. The minimum atomic E-state index is -1.10. The minimum absolute atomic E-state index is 0.0633. The number of aliphatic hydroxyl groups excluding tert-OH is 6. The van der Waals surface area contributed by atoms with E-state index in [9.17, 15) is 25.2 Å². The maximum absolute atomic E-state index is 11.7. The number of unbranched alkanes of at least 4 members (excludes halogenated alkanes) is 10. The Hall–Kier alpha value is -1.03. The molecule has 5 atom stereocenters. The lowest BCUT2D eigenvalue weighted by molar-refractivity contribution is -0.146. The van der Waals surface area contributed by atoms with Crippen molar-refractivity contribution in [2.75, 3.05) is 19.8 Å². The molecule has 0 aliphatic carbocycles.